The summed E-state index contributed by atoms with van der Waals surface area (Å²) in [6, 6.07) is 37.0. The first kappa shape index (κ1) is 32.7. The maximum atomic E-state index is 14.9. The molecule has 1 aliphatic rings. The van der Waals surface area contributed by atoms with Gasteiger partial charge in [-0.3, -0.25) is 4.79 Å². The highest BCUT2D eigenvalue weighted by molar-refractivity contribution is 5.96. The predicted molar refractivity (Wildman–Crippen MR) is 176 cm³/mol. The molecule has 0 N–H and O–H groups in total. The quantitative estimate of drug-likeness (QED) is 0.120. The van der Waals surface area contributed by atoms with E-state index >= 15 is 0 Å². The van der Waals surface area contributed by atoms with Crippen molar-refractivity contribution in [2.45, 2.75) is 44.1 Å². The van der Waals surface area contributed by atoms with Gasteiger partial charge in [-0.25, -0.2) is 0 Å². The molecule has 46 heavy (non-hydrogen) atoms. The van der Waals surface area contributed by atoms with Crippen molar-refractivity contribution >= 4 is 5.78 Å². The topological polar surface area (TPSA) is 72.5 Å². The fourth-order valence-electron chi connectivity index (χ4n) is 5.42. The summed E-state index contributed by atoms with van der Waals surface area (Å²) in [5, 5.41) is 0. The van der Waals surface area contributed by atoms with E-state index in [1.165, 1.54) is 14.2 Å². The number of carbonyl (C=O) groups excluding carboxylic acids is 1. The molecular formula is C39H40O7. The maximum absolute atomic E-state index is 14.9. The van der Waals surface area contributed by atoms with Gasteiger partial charge in [-0.1, -0.05) is 103 Å². The summed E-state index contributed by atoms with van der Waals surface area (Å²) in [6.45, 7) is 0.997. The van der Waals surface area contributed by atoms with Crippen LogP contribution < -0.4 is 4.74 Å². The van der Waals surface area contributed by atoms with Gasteiger partial charge >= 0.3 is 0 Å². The first-order valence-corrected chi connectivity index (χ1v) is 15.2. The first-order chi connectivity index (χ1) is 22.5. The number of ether oxygens (including phenoxy) is 6. The molecule has 7 heteroatoms. The van der Waals surface area contributed by atoms with Crippen molar-refractivity contribution in [2.75, 3.05) is 21.3 Å². The lowest BCUT2D eigenvalue weighted by Gasteiger charge is -2.37. The molecule has 0 aromatic heterocycles. The largest absolute Gasteiger partial charge is 0.493 e. The zero-order chi connectivity index (χ0) is 32.2. The van der Waals surface area contributed by atoms with E-state index in [0.29, 0.717) is 36.0 Å². The Morgan fingerprint density at radius 2 is 1.17 bits per heavy atom. The fourth-order valence-corrected chi connectivity index (χ4v) is 5.42. The molecule has 7 nitrogen and oxygen atoms in total. The molecule has 4 aromatic rings. The number of Topliss-reactive ketones (excluding diaryl/α,β-unsaturated/α-hetero) is 1. The molecule has 0 spiro atoms. The van der Waals surface area contributed by atoms with Crippen LogP contribution >= 0.6 is 0 Å². The van der Waals surface area contributed by atoms with E-state index in [1.807, 2.05) is 121 Å². The van der Waals surface area contributed by atoms with E-state index in [0.717, 1.165) is 16.7 Å². The molecule has 0 saturated heterocycles. The number of hydrogen-bond acceptors (Lipinski definition) is 7. The Bertz CT molecular complexity index is 1580. The molecule has 1 aliphatic carbocycles. The van der Waals surface area contributed by atoms with Gasteiger partial charge in [0, 0.05) is 26.7 Å². The first-order valence-electron chi connectivity index (χ1n) is 15.2. The second-order valence-electron chi connectivity index (χ2n) is 10.9. The fraction of sp³-hybridized carbons (Fsp3) is 0.256. The molecule has 4 aromatic carbocycles. The highest BCUT2D eigenvalue weighted by Crippen LogP contribution is 2.39. The summed E-state index contributed by atoms with van der Waals surface area (Å²) in [5.74, 6) is 0.581. The third-order valence-corrected chi connectivity index (χ3v) is 7.92. The van der Waals surface area contributed by atoms with Gasteiger partial charge < -0.3 is 28.4 Å². The van der Waals surface area contributed by atoms with Crippen molar-refractivity contribution in [3.63, 3.8) is 0 Å². The number of carbonyl (C=O) groups is 1. The van der Waals surface area contributed by atoms with Crippen molar-refractivity contribution in [3.05, 3.63) is 161 Å². The van der Waals surface area contributed by atoms with Gasteiger partial charge in [0.1, 0.15) is 19.0 Å². The van der Waals surface area contributed by atoms with Gasteiger partial charge in [-0.15, -0.1) is 0 Å². The van der Waals surface area contributed by atoms with Crippen LogP contribution in [-0.4, -0.2) is 39.0 Å². The van der Waals surface area contributed by atoms with E-state index in [1.54, 1.807) is 13.2 Å². The van der Waals surface area contributed by atoms with Crippen LogP contribution in [0.15, 0.2) is 139 Å². The van der Waals surface area contributed by atoms with E-state index < -0.39 is 17.8 Å². The van der Waals surface area contributed by atoms with Gasteiger partial charge in [0.05, 0.1) is 19.6 Å². The second kappa shape index (κ2) is 16.0. The Hall–Kier alpha value is -4.69. The molecule has 0 saturated carbocycles. The van der Waals surface area contributed by atoms with Crippen molar-refractivity contribution in [1.82, 2.24) is 0 Å². The molecule has 0 aliphatic heterocycles. The highest BCUT2D eigenvalue weighted by atomic mass is 16.7. The normalized spacial score (nSPS) is 16.7. The van der Waals surface area contributed by atoms with Gasteiger partial charge in [0.2, 0.25) is 0 Å². The number of benzene rings is 4. The van der Waals surface area contributed by atoms with E-state index in [4.69, 9.17) is 28.4 Å². The highest BCUT2D eigenvalue weighted by Gasteiger charge is 2.47. The van der Waals surface area contributed by atoms with Gasteiger partial charge in [-0.2, -0.15) is 0 Å². The van der Waals surface area contributed by atoms with Crippen LogP contribution in [0.1, 0.15) is 34.6 Å². The van der Waals surface area contributed by atoms with Crippen molar-refractivity contribution in [1.29, 1.82) is 0 Å². The van der Waals surface area contributed by atoms with Crippen molar-refractivity contribution < 1.29 is 33.2 Å². The minimum atomic E-state index is -1.40. The molecule has 0 amide bonds. The summed E-state index contributed by atoms with van der Waals surface area (Å²) >= 11 is 0. The average Bonchev–Trinajstić information content (AvgIpc) is 3.12. The molecule has 0 heterocycles. The molecule has 5 rings (SSSR count). The monoisotopic (exact) mass is 620 g/mol. The zero-order valence-electron chi connectivity index (χ0n) is 26.5. The number of rotatable bonds is 16. The lowest BCUT2D eigenvalue weighted by Crippen LogP contribution is -2.47. The molecule has 2 unspecified atom stereocenters. The summed E-state index contributed by atoms with van der Waals surface area (Å²) in [6.07, 6.45) is 2.94. The van der Waals surface area contributed by atoms with E-state index in [2.05, 4.69) is 0 Å². The molecule has 2 atom stereocenters. The van der Waals surface area contributed by atoms with Crippen LogP contribution in [0.4, 0.5) is 0 Å². The van der Waals surface area contributed by atoms with Crippen LogP contribution in [0.5, 0.6) is 5.75 Å². The van der Waals surface area contributed by atoms with E-state index in [-0.39, 0.29) is 18.8 Å². The number of hydrogen-bond donors (Lipinski definition) is 0. The van der Waals surface area contributed by atoms with Crippen LogP contribution in [-0.2, 0) is 48.3 Å². The molecule has 0 fully saturated rings. The summed E-state index contributed by atoms with van der Waals surface area (Å²) in [4.78, 5) is 14.9. The lowest BCUT2D eigenvalue weighted by atomic mass is 9.79. The van der Waals surface area contributed by atoms with Crippen LogP contribution in [0.2, 0.25) is 0 Å². The second-order valence-corrected chi connectivity index (χ2v) is 10.9. The molecular weight excluding hydrogens is 580 g/mol. The standard InChI is InChI=1S/C39H40O7/c1-41-35-25-39(46-28-31-17-11-6-12-18-31,24-23-34(35)45-27-30-15-9-5-10-16-30)37(40)36(38(42-2)43-3)32-19-21-33(22-20-32)44-26-29-13-7-4-8-14-29/h4-23,25,36,38H,24,26-28H2,1-3H3. The van der Waals surface area contributed by atoms with Crippen molar-refractivity contribution in [2.24, 2.45) is 0 Å². The Morgan fingerprint density at radius 1 is 0.652 bits per heavy atom. The van der Waals surface area contributed by atoms with Crippen LogP contribution in [0, 0.1) is 0 Å². The summed E-state index contributed by atoms with van der Waals surface area (Å²) in [7, 11) is 4.61. The van der Waals surface area contributed by atoms with Gasteiger partial charge in [0.15, 0.2) is 29.2 Å². The number of methoxy groups -OCH3 is 3. The molecule has 0 radical (unpaired) electrons. The predicted octanol–water partition coefficient (Wildman–Crippen LogP) is 7.53. The van der Waals surface area contributed by atoms with E-state index in [9.17, 15) is 4.79 Å². The third-order valence-electron chi connectivity index (χ3n) is 7.92. The van der Waals surface area contributed by atoms with Crippen LogP contribution in [0.3, 0.4) is 0 Å². The zero-order valence-corrected chi connectivity index (χ0v) is 26.5. The SMILES string of the molecule is COC1=CC(OCc2ccccc2)(C(=O)C(c2ccc(OCc3ccccc3)cc2)C(OC)OC)CC=C1OCc1ccccc1. The Kier molecular flexibility index (Phi) is 11.4. The van der Waals surface area contributed by atoms with Crippen molar-refractivity contribution in [3.8, 4) is 5.75 Å². The Balaban J connectivity index is 1.44. The molecule has 0 bridgehead atoms. The van der Waals surface area contributed by atoms with Crippen LogP contribution in [0.25, 0.3) is 0 Å². The molecule has 238 valence electrons. The summed E-state index contributed by atoms with van der Waals surface area (Å²) in [5.41, 5.74) is 2.32. The smallest absolute Gasteiger partial charge is 0.181 e. The number of ketones is 1. The minimum absolute atomic E-state index is 0.206. The Morgan fingerprint density at radius 3 is 1.70 bits per heavy atom. The third kappa shape index (κ3) is 8.12. The summed E-state index contributed by atoms with van der Waals surface area (Å²) < 4.78 is 35.9. The lowest BCUT2D eigenvalue weighted by molar-refractivity contribution is -0.161. The van der Waals surface area contributed by atoms with Gasteiger partial charge in [0.25, 0.3) is 0 Å². The Labute approximate surface area is 271 Å². The average molecular weight is 621 g/mol. The minimum Gasteiger partial charge on any atom is -0.493 e. The van der Waals surface area contributed by atoms with Gasteiger partial charge in [-0.05, 0) is 40.5 Å². The maximum Gasteiger partial charge on any atom is 0.181 e.